The van der Waals surface area contributed by atoms with Crippen LogP contribution in [0.5, 0.6) is 11.5 Å². The Kier molecular flexibility index (Phi) is 7.52. The van der Waals surface area contributed by atoms with Crippen molar-refractivity contribution in [1.29, 1.82) is 0 Å². The molecule has 0 fully saturated rings. The number of nitrogens with zero attached hydrogens (tertiary/aromatic N) is 2. The van der Waals surface area contributed by atoms with Crippen LogP contribution in [0.3, 0.4) is 0 Å². The molecule has 10 aromatic carbocycles. The Bertz CT molecular complexity index is 3500. The van der Waals surface area contributed by atoms with Crippen LogP contribution in [-0.4, -0.2) is 4.57 Å². The average molecular weight is 791 g/mol. The molecule has 3 heteroatoms. The highest BCUT2D eigenvalue weighted by Gasteiger charge is 2.52. The van der Waals surface area contributed by atoms with Crippen molar-refractivity contribution in [2.24, 2.45) is 0 Å². The minimum Gasteiger partial charge on any atom is -0.457 e. The molecule has 1 aromatic heterocycles. The molecule has 0 bridgehead atoms. The van der Waals surface area contributed by atoms with Gasteiger partial charge in [0.15, 0.2) is 0 Å². The molecule has 1 aliphatic heterocycles. The molecule has 2 heterocycles. The second kappa shape index (κ2) is 13.4. The van der Waals surface area contributed by atoms with Crippen molar-refractivity contribution in [2.75, 3.05) is 4.90 Å². The Morgan fingerprint density at radius 2 is 0.952 bits per heavy atom. The molecule has 290 valence electrons. The maximum atomic E-state index is 6.72. The summed E-state index contributed by atoms with van der Waals surface area (Å²) >= 11 is 0. The maximum Gasteiger partial charge on any atom is 0.132 e. The number of rotatable bonds is 5. The Morgan fingerprint density at radius 1 is 0.371 bits per heavy atom. The van der Waals surface area contributed by atoms with Gasteiger partial charge in [-0.15, -0.1) is 0 Å². The third kappa shape index (κ3) is 4.94. The minimum atomic E-state index is -0.610. The quantitative estimate of drug-likeness (QED) is 0.173. The van der Waals surface area contributed by atoms with Crippen LogP contribution in [0.1, 0.15) is 22.3 Å². The molecule has 62 heavy (non-hydrogen) atoms. The summed E-state index contributed by atoms with van der Waals surface area (Å²) in [5, 5.41) is 4.98. The lowest BCUT2D eigenvalue weighted by Gasteiger charge is -2.40. The third-order valence-corrected chi connectivity index (χ3v) is 13.2. The number of anilines is 3. The number of hydrogen-bond donors (Lipinski definition) is 0. The first-order valence-electron chi connectivity index (χ1n) is 21.3. The first-order valence-corrected chi connectivity index (χ1v) is 21.3. The SMILES string of the molecule is c1ccc(N(c2ccc(-c3ccc4c(c3)c3ccccc3n4-c3ccccc3)cc2)c2ccc3c(c2)C2(c4ccccc4Oc4ccccc42)c2c-3ccc3ccccc23)cc1. The van der Waals surface area contributed by atoms with Gasteiger partial charge in [-0.2, -0.15) is 0 Å². The lowest BCUT2D eigenvalue weighted by atomic mass is 9.65. The van der Waals surface area contributed by atoms with E-state index in [4.69, 9.17) is 4.74 Å². The highest BCUT2D eigenvalue weighted by molar-refractivity contribution is 6.10. The van der Waals surface area contributed by atoms with Crippen molar-refractivity contribution in [3.8, 4) is 39.4 Å². The molecule has 0 unspecified atom stereocenters. The summed E-state index contributed by atoms with van der Waals surface area (Å²) in [6.45, 7) is 0. The molecule has 3 nitrogen and oxygen atoms in total. The van der Waals surface area contributed by atoms with Crippen LogP contribution in [0.15, 0.2) is 231 Å². The van der Waals surface area contributed by atoms with Gasteiger partial charge in [-0.3, -0.25) is 0 Å². The van der Waals surface area contributed by atoms with Crippen LogP contribution in [-0.2, 0) is 5.41 Å². The van der Waals surface area contributed by atoms with Crippen LogP contribution in [0.2, 0.25) is 0 Å². The summed E-state index contributed by atoms with van der Waals surface area (Å²) in [5.74, 6) is 1.78. The maximum absolute atomic E-state index is 6.72. The Balaban J connectivity index is 0.985. The standard InChI is InChI=1S/C59H38N2O/c1-3-16-42(17-4-1)60(44-31-27-39(28-32-44)41-30-36-55-50(37-41)48-21-9-12-24-54(48)61(55)43-18-5-2-6-19-43)45-33-35-47-49-34-29-40-15-7-8-20-46(40)58(49)59(53(47)38-45)51-22-10-13-25-56(51)62-57-26-14-11-23-52(57)59/h1-38H. The fourth-order valence-electron chi connectivity index (χ4n) is 10.6. The normalized spacial score (nSPS) is 13.1. The Morgan fingerprint density at radius 3 is 1.73 bits per heavy atom. The second-order valence-electron chi connectivity index (χ2n) is 16.4. The van der Waals surface area contributed by atoms with Crippen LogP contribution in [0, 0.1) is 0 Å². The topological polar surface area (TPSA) is 17.4 Å². The fourth-order valence-corrected chi connectivity index (χ4v) is 10.6. The lowest BCUT2D eigenvalue weighted by Crippen LogP contribution is -2.32. The van der Waals surface area contributed by atoms with E-state index in [-0.39, 0.29) is 0 Å². The summed E-state index contributed by atoms with van der Waals surface area (Å²) in [6.07, 6.45) is 0. The van der Waals surface area contributed by atoms with E-state index < -0.39 is 5.41 Å². The van der Waals surface area contributed by atoms with Gasteiger partial charge in [-0.25, -0.2) is 0 Å². The monoisotopic (exact) mass is 790 g/mol. The molecule has 0 amide bonds. The van der Waals surface area contributed by atoms with E-state index in [1.807, 2.05) is 0 Å². The number of para-hydroxylation sites is 5. The van der Waals surface area contributed by atoms with Crippen molar-refractivity contribution < 1.29 is 4.74 Å². The van der Waals surface area contributed by atoms with E-state index in [2.05, 4.69) is 240 Å². The van der Waals surface area contributed by atoms with E-state index >= 15 is 0 Å². The van der Waals surface area contributed by atoms with Gasteiger partial charge in [-0.1, -0.05) is 152 Å². The van der Waals surface area contributed by atoms with Crippen molar-refractivity contribution in [3.05, 3.63) is 253 Å². The molecule has 1 aliphatic carbocycles. The zero-order valence-electron chi connectivity index (χ0n) is 33.7. The molecule has 1 spiro atoms. The van der Waals surface area contributed by atoms with Gasteiger partial charge in [0.05, 0.1) is 16.4 Å². The van der Waals surface area contributed by atoms with Gasteiger partial charge in [0, 0.05) is 44.6 Å². The largest absolute Gasteiger partial charge is 0.457 e. The number of fused-ring (bicyclic) bond motifs is 14. The number of hydrogen-bond acceptors (Lipinski definition) is 2. The van der Waals surface area contributed by atoms with Gasteiger partial charge in [0.25, 0.3) is 0 Å². The minimum absolute atomic E-state index is 0.610. The number of benzene rings is 10. The predicted molar refractivity (Wildman–Crippen MR) is 256 cm³/mol. The summed E-state index contributed by atoms with van der Waals surface area (Å²) in [5.41, 5.74) is 16.0. The van der Waals surface area contributed by atoms with Crippen molar-refractivity contribution >= 4 is 49.6 Å². The first-order chi connectivity index (χ1) is 30.8. The fraction of sp³-hybridized carbons (Fsp3) is 0.0169. The molecule has 13 rings (SSSR count). The van der Waals surface area contributed by atoms with Crippen LogP contribution >= 0.6 is 0 Å². The van der Waals surface area contributed by atoms with Crippen molar-refractivity contribution in [1.82, 2.24) is 4.57 Å². The van der Waals surface area contributed by atoms with Gasteiger partial charge < -0.3 is 14.2 Å². The molecule has 0 radical (unpaired) electrons. The third-order valence-electron chi connectivity index (χ3n) is 13.2. The summed E-state index contributed by atoms with van der Waals surface area (Å²) in [7, 11) is 0. The van der Waals surface area contributed by atoms with Gasteiger partial charge in [-0.05, 0) is 123 Å². The van der Waals surface area contributed by atoms with E-state index in [1.54, 1.807) is 0 Å². The predicted octanol–water partition coefficient (Wildman–Crippen LogP) is 15.5. The second-order valence-corrected chi connectivity index (χ2v) is 16.4. The summed E-state index contributed by atoms with van der Waals surface area (Å²) in [4.78, 5) is 2.40. The van der Waals surface area contributed by atoms with Crippen LogP contribution < -0.4 is 9.64 Å². The van der Waals surface area contributed by atoms with E-state index in [9.17, 15) is 0 Å². The Labute approximate surface area is 360 Å². The number of aromatic nitrogens is 1. The van der Waals surface area contributed by atoms with Crippen LogP contribution in [0.25, 0.3) is 60.5 Å². The summed E-state index contributed by atoms with van der Waals surface area (Å²) < 4.78 is 9.09. The Hall–Kier alpha value is -8.14. The number of ether oxygens (including phenoxy) is 1. The van der Waals surface area contributed by atoms with Gasteiger partial charge in [0.2, 0.25) is 0 Å². The molecule has 0 N–H and O–H groups in total. The molecule has 0 atom stereocenters. The van der Waals surface area contributed by atoms with E-state index in [0.717, 1.165) is 45.4 Å². The van der Waals surface area contributed by atoms with Crippen molar-refractivity contribution in [3.63, 3.8) is 0 Å². The van der Waals surface area contributed by atoms with Crippen molar-refractivity contribution in [2.45, 2.75) is 5.41 Å². The molecule has 2 aliphatic rings. The zero-order valence-corrected chi connectivity index (χ0v) is 33.7. The van der Waals surface area contributed by atoms with Gasteiger partial charge in [0.1, 0.15) is 11.5 Å². The summed E-state index contributed by atoms with van der Waals surface area (Å²) in [6, 6.07) is 83.8. The van der Waals surface area contributed by atoms with Gasteiger partial charge >= 0.3 is 0 Å². The zero-order chi connectivity index (χ0) is 40.8. The highest BCUT2D eigenvalue weighted by Crippen LogP contribution is 2.64. The molecule has 0 saturated heterocycles. The smallest absolute Gasteiger partial charge is 0.132 e. The molecule has 0 saturated carbocycles. The highest BCUT2D eigenvalue weighted by atomic mass is 16.5. The lowest BCUT2D eigenvalue weighted by molar-refractivity contribution is 0.437. The molecular formula is C59H38N2O. The molecule has 11 aromatic rings. The average Bonchev–Trinajstić information content (AvgIpc) is 3.83. The van der Waals surface area contributed by atoms with Crippen LogP contribution in [0.4, 0.5) is 17.1 Å². The molecular weight excluding hydrogens is 753 g/mol. The first kappa shape index (κ1) is 34.7. The van der Waals surface area contributed by atoms with E-state index in [1.165, 1.54) is 66.0 Å². The van der Waals surface area contributed by atoms with E-state index in [0.29, 0.717) is 0 Å².